The van der Waals surface area contributed by atoms with Gasteiger partial charge in [-0.1, -0.05) is 24.3 Å². The summed E-state index contributed by atoms with van der Waals surface area (Å²) in [6, 6.07) is 8.44. The van der Waals surface area contributed by atoms with Gasteiger partial charge in [-0.25, -0.2) is 0 Å². The fourth-order valence-electron chi connectivity index (χ4n) is 1.31. The maximum Gasteiger partial charge on any atom is 0.250 e. The number of hydrogen-bond donors (Lipinski definition) is 2. The molecule has 4 nitrogen and oxygen atoms in total. The van der Waals surface area contributed by atoms with E-state index in [1.807, 2.05) is 6.92 Å². The van der Waals surface area contributed by atoms with E-state index in [-0.39, 0.29) is 0 Å². The highest BCUT2D eigenvalue weighted by atomic mass is 16.1. The van der Waals surface area contributed by atoms with E-state index in [0.717, 1.165) is 0 Å². The van der Waals surface area contributed by atoms with Crippen molar-refractivity contribution in [1.82, 2.24) is 0 Å². The summed E-state index contributed by atoms with van der Waals surface area (Å²) >= 11 is 0. The normalized spacial score (nSPS) is 12.0. The summed E-state index contributed by atoms with van der Waals surface area (Å²) in [5, 5.41) is 11.8. The summed E-state index contributed by atoms with van der Waals surface area (Å²) in [5.74, 6) is -0.514. The second kappa shape index (κ2) is 5.56. The smallest absolute Gasteiger partial charge is 0.250 e. The van der Waals surface area contributed by atoms with Crippen LogP contribution < -0.4 is 11.1 Å². The second-order valence-electron chi connectivity index (χ2n) is 3.19. The van der Waals surface area contributed by atoms with Crippen molar-refractivity contribution in [3.05, 3.63) is 42.0 Å². The molecule has 1 atom stereocenters. The Kier molecular flexibility index (Phi) is 4.10. The SMILES string of the molecule is C/C=C/[C@@H](C#N)Nc1ccccc1C(N)=O. The molecule has 16 heavy (non-hydrogen) atoms. The molecule has 1 aromatic carbocycles. The minimum atomic E-state index is -0.514. The number of carbonyl (C=O) groups excluding carboxylic acids is 1. The molecule has 0 spiro atoms. The predicted octanol–water partition coefficient (Wildman–Crippen LogP) is 1.67. The number of primary amides is 1. The number of hydrogen-bond acceptors (Lipinski definition) is 3. The van der Waals surface area contributed by atoms with Crippen molar-refractivity contribution < 1.29 is 4.79 Å². The Labute approximate surface area is 94.4 Å². The van der Waals surface area contributed by atoms with Crippen LogP contribution in [-0.2, 0) is 0 Å². The van der Waals surface area contributed by atoms with Crippen LogP contribution in [0.25, 0.3) is 0 Å². The van der Waals surface area contributed by atoms with Gasteiger partial charge < -0.3 is 11.1 Å². The minimum Gasteiger partial charge on any atom is -0.366 e. The maximum absolute atomic E-state index is 11.1. The Morgan fingerprint density at radius 2 is 2.25 bits per heavy atom. The van der Waals surface area contributed by atoms with Crippen molar-refractivity contribution in [3.63, 3.8) is 0 Å². The third-order valence-electron chi connectivity index (χ3n) is 2.03. The van der Waals surface area contributed by atoms with Crippen molar-refractivity contribution in [2.75, 3.05) is 5.32 Å². The van der Waals surface area contributed by atoms with E-state index in [1.54, 1.807) is 36.4 Å². The number of rotatable bonds is 4. The average molecular weight is 215 g/mol. The summed E-state index contributed by atoms with van der Waals surface area (Å²) in [7, 11) is 0. The molecule has 4 heteroatoms. The van der Waals surface area contributed by atoms with Crippen LogP contribution in [0.3, 0.4) is 0 Å². The molecule has 0 aliphatic rings. The first-order valence-electron chi connectivity index (χ1n) is 4.87. The predicted molar refractivity (Wildman–Crippen MR) is 62.8 cm³/mol. The van der Waals surface area contributed by atoms with E-state index >= 15 is 0 Å². The lowest BCUT2D eigenvalue weighted by Crippen LogP contribution is -2.19. The van der Waals surface area contributed by atoms with Gasteiger partial charge >= 0.3 is 0 Å². The Balaban J connectivity index is 2.97. The highest BCUT2D eigenvalue weighted by molar-refractivity contribution is 5.98. The minimum absolute atomic E-state index is 0.382. The standard InChI is InChI=1S/C12H13N3O/c1-2-5-9(8-13)15-11-7-4-3-6-10(11)12(14)16/h2-7,9,15H,1H3,(H2,14,16)/b5-2+/t9-/m0/s1. The molecule has 0 saturated carbocycles. The Morgan fingerprint density at radius 1 is 1.56 bits per heavy atom. The number of benzene rings is 1. The third-order valence-corrected chi connectivity index (χ3v) is 2.03. The molecule has 0 heterocycles. The Hall–Kier alpha value is -2.28. The fraction of sp³-hybridized carbons (Fsp3) is 0.167. The quantitative estimate of drug-likeness (QED) is 0.750. The van der Waals surface area contributed by atoms with Gasteiger partial charge in [-0.3, -0.25) is 4.79 Å². The molecule has 0 bridgehead atoms. The van der Waals surface area contributed by atoms with E-state index < -0.39 is 11.9 Å². The van der Waals surface area contributed by atoms with Crippen LogP contribution in [0.15, 0.2) is 36.4 Å². The summed E-state index contributed by atoms with van der Waals surface area (Å²) in [6.07, 6.45) is 3.48. The molecule has 1 aromatic rings. The Morgan fingerprint density at radius 3 is 2.81 bits per heavy atom. The third kappa shape index (κ3) is 2.85. The van der Waals surface area contributed by atoms with Gasteiger partial charge in [0.15, 0.2) is 0 Å². The first-order chi connectivity index (χ1) is 7.69. The van der Waals surface area contributed by atoms with Gasteiger partial charge in [-0.05, 0) is 19.1 Å². The molecule has 82 valence electrons. The number of nitrogens with two attached hydrogens (primary N) is 1. The van der Waals surface area contributed by atoms with Crippen molar-refractivity contribution in [2.24, 2.45) is 5.73 Å². The number of anilines is 1. The van der Waals surface area contributed by atoms with Crippen LogP contribution in [0.4, 0.5) is 5.69 Å². The zero-order valence-corrected chi connectivity index (χ0v) is 8.97. The number of allylic oxidation sites excluding steroid dienone is 1. The second-order valence-corrected chi connectivity index (χ2v) is 3.19. The summed E-state index contributed by atoms with van der Waals surface area (Å²) in [5.41, 5.74) is 6.18. The molecule has 0 unspecified atom stereocenters. The zero-order chi connectivity index (χ0) is 12.0. The number of nitriles is 1. The van der Waals surface area contributed by atoms with E-state index in [4.69, 9.17) is 11.0 Å². The molecule has 0 aliphatic carbocycles. The molecule has 0 radical (unpaired) electrons. The van der Waals surface area contributed by atoms with Crippen molar-refractivity contribution >= 4 is 11.6 Å². The molecular weight excluding hydrogens is 202 g/mol. The fourth-order valence-corrected chi connectivity index (χ4v) is 1.31. The van der Waals surface area contributed by atoms with E-state index in [2.05, 4.69) is 11.4 Å². The Bertz CT molecular complexity index is 446. The van der Waals surface area contributed by atoms with Crippen LogP contribution in [0.5, 0.6) is 0 Å². The van der Waals surface area contributed by atoms with Crippen LogP contribution >= 0.6 is 0 Å². The van der Waals surface area contributed by atoms with Crippen LogP contribution in [0, 0.1) is 11.3 Å². The lowest BCUT2D eigenvalue weighted by Gasteiger charge is -2.11. The lowest BCUT2D eigenvalue weighted by molar-refractivity contribution is 0.100. The van der Waals surface area contributed by atoms with Crippen molar-refractivity contribution in [1.29, 1.82) is 5.26 Å². The van der Waals surface area contributed by atoms with Gasteiger partial charge in [0.2, 0.25) is 0 Å². The highest BCUT2D eigenvalue weighted by Gasteiger charge is 2.09. The summed E-state index contributed by atoms with van der Waals surface area (Å²) in [6.45, 7) is 1.83. The largest absolute Gasteiger partial charge is 0.366 e. The van der Waals surface area contributed by atoms with Gasteiger partial charge in [0.05, 0.1) is 11.6 Å². The number of para-hydroxylation sites is 1. The molecule has 1 amide bonds. The lowest BCUT2D eigenvalue weighted by atomic mass is 10.1. The monoisotopic (exact) mass is 215 g/mol. The molecule has 0 aromatic heterocycles. The number of carbonyl (C=O) groups is 1. The first kappa shape index (κ1) is 11.8. The number of amides is 1. The number of nitrogens with zero attached hydrogens (tertiary/aromatic N) is 1. The molecule has 0 saturated heterocycles. The van der Waals surface area contributed by atoms with Gasteiger partial charge in [-0.2, -0.15) is 5.26 Å². The molecule has 0 fully saturated rings. The van der Waals surface area contributed by atoms with E-state index in [0.29, 0.717) is 11.3 Å². The van der Waals surface area contributed by atoms with Crippen molar-refractivity contribution in [3.8, 4) is 6.07 Å². The van der Waals surface area contributed by atoms with Gasteiger partial charge in [0.1, 0.15) is 6.04 Å². The van der Waals surface area contributed by atoms with Crippen molar-refractivity contribution in [2.45, 2.75) is 13.0 Å². The topological polar surface area (TPSA) is 78.9 Å². The first-order valence-corrected chi connectivity index (χ1v) is 4.87. The summed E-state index contributed by atoms with van der Waals surface area (Å²) < 4.78 is 0. The molecular formula is C12H13N3O. The molecule has 3 N–H and O–H groups in total. The summed E-state index contributed by atoms with van der Waals surface area (Å²) in [4.78, 5) is 11.1. The maximum atomic E-state index is 11.1. The van der Waals surface area contributed by atoms with Gasteiger partial charge in [0.25, 0.3) is 5.91 Å². The molecule has 0 aliphatic heterocycles. The van der Waals surface area contributed by atoms with Crippen LogP contribution in [0.1, 0.15) is 17.3 Å². The average Bonchev–Trinajstić information content (AvgIpc) is 2.29. The highest BCUT2D eigenvalue weighted by Crippen LogP contribution is 2.15. The van der Waals surface area contributed by atoms with Crippen LogP contribution in [-0.4, -0.2) is 11.9 Å². The van der Waals surface area contributed by atoms with Gasteiger partial charge in [-0.15, -0.1) is 0 Å². The van der Waals surface area contributed by atoms with Crippen LogP contribution in [0.2, 0.25) is 0 Å². The number of nitrogens with one attached hydrogen (secondary N) is 1. The van der Waals surface area contributed by atoms with Gasteiger partial charge in [0, 0.05) is 5.69 Å². The zero-order valence-electron chi connectivity index (χ0n) is 8.97. The van der Waals surface area contributed by atoms with E-state index in [9.17, 15) is 4.79 Å². The molecule has 1 rings (SSSR count). The van der Waals surface area contributed by atoms with E-state index in [1.165, 1.54) is 0 Å².